The summed E-state index contributed by atoms with van der Waals surface area (Å²) in [5.41, 5.74) is -0.0111. The molecule has 1 aromatic heterocycles. The van der Waals surface area contributed by atoms with Crippen molar-refractivity contribution in [2.24, 2.45) is 0 Å². The summed E-state index contributed by atoms with van der Waals surface area (Å²) in [6.45, 7) is 3.57. The fourth-order valence-corrected chi connectivity index (χ4v) is 0.893. The Balaban J connectivity index is 2.44. The van der Waals surface area contributed by atoms with Gasteiger partial charge < -0.3 is 15.2 Å². The van der Waals surface area contributed by atoms with Gasteiger partial charge in [-0.15, -0.1) is 0 Å². The van der Waals surface area contributed by atoms with Crippen LogP contribution in [0, 0.1) is 0 Å². The second-order valence-electron chi connectivity index (χ2n) is 2.93. The number of alkyl carbamates (subject to hydrolysis) is 1. The Kier molecular flexibility index (Phi) is 4.61. The van der Waals surface area contributed by atoms with Crippen LogP contribution in [0.2, 0.25) is 0 Å². The zero-order valence-corrected chi connectivity index (χ0v) is 8.92. The highest BCUT2D eigenvalue weighted by Gasteiger charge is 2.05. The predicted octanol–water partition coefficient (Wildman–Crippen LogP) is 0.587. The zero-order chi connectivity index (χ0) is 12.7. The van der Waals surface area contributed by atoms with Crippen LogP contribution >= 0.6 is 0 Å². The number of aromatic nitrogens is 2. The lowest BCUT2D eigenvalue weighted by atomic mass is 10.3. The summed E-state index contributed by atoms with van der Waals surface area (Å²) >= 11 is 0. The molecule has 0 radical (unpaired) electrons. The number of carbonyl (C=O) groups is 2. The van der Waals surface area contributed by atoms with Crippen molar-refractivity contribution < 1.29 is 19.4 Å². The number of carboxylic acids is 1. The van der Waals surface area contributed by atoms with Gasteiger partial charge in [0.1, 0.15) is 12.4 Å². The maximum absolute atomic E-state index is 11.0. The van der Waals surface area contributed by atoms with Crippen molar-refractivity contribution >= 4 is 12.1 Å². The van der Waals surface area contributed by atoms with Gasteiger partial charge in [0, 0.05) is 12.4 Å². The van der Waals surface area contributed by atoms with Gasteiger partial charge in [-0.05, 0) is 0 Å². The van der Waals surface area contributed by atoms with E-state index in [0.29, 0.717) is 5.82 Å². The number of hydrogen-bond acceptors (Lipinski definition) is 5. The average Bonchev–Trinajstić information content (AvgIpc) is 2.34. The van der Waals surface area contributed by atoms with E-state index in [9.17, 15) is 9.59 Å². The first-order valence-corrected chi connectivity index (χ1v) is 4.69. The van der Waals surface area contributed by atoms with E-state index in [0.717, 1.165) is 0 Å². The number of aromatic carboxylic acids is 1. The SMILES string of the molecule is C=CCOC(=O)NCc1ncc(C(=O)O)cn1. The number of carboxylic acid groups (broad SMARTS) is 1. The fraction of sp³-hybridized carbons (Fsp3) is 0.200. The first-order chi connectivity index (χ1) is 8.13. The monoisotopic (exact) mass is 237 g/mol. The molecule has 1 rings (SSSR count). The minimum absolute atomic E-state index is 0.0111. The van der Waals surface area contributed by atoms with E-state index >= 15 is 0 Å². The van der Waals surface area contributed by atoms with Crippen molar-refractivity contribution in [2.45, 2.75) is 6.54 Å². The number of carbonyl (C=O) groups excluding carboxylic acids is 1. The Bertz CT molecular complexity index is 416. The van der Waals surface area contributed by atoms with Gasteiger partial charge in [0.15, 0.2) is 0 Å². The molecule has 0 spiro atoms. The molecule has 0 aliphatic heterocycles. The van der Waals surface area contributed by atoms with Gasteiger partial charge in [0.25, 0.3) is 0 Å². The number of hydrogen-bond donors (Lipinski definition) is 2. The maximum atomic E-state index is 11.0. The molecule has 0 saturated carbocycles. The number of rotatable bonds is 5. The number of nitrogens with one attached hydrogen (secondary N) is 1. The van der Waals surface area contributed by atoms with E-state index in [1.54, 1.807) is 0 Å². The molecule has 7 nitrogen and oxygen atoms in total. The summed E-state index contributed by atoms with van der Waals surface area (Å²) in [5, 5.41) is 11.0. The average molecular weight is 237 g/mol. The van der Waals surface area contributed by atoms with E-state index in [-0.39, 0.29) is 18.7 Å². The smallest absolute Gasteiger partial charge is 0.407 e. The molecule has 90 valence electrons. The van der Waals surface area contributed by atoms with Crippen LogP contribution in [-0.2, 0) is 11.3 Å². The van der Waals surface area contributed by atoms with Crippen molar-refractivity contribution in [2.75, 3.05) is 6.61 Å². The molecule has 0 bridgehead atoms. The Morgan fingerprint density at radius 1 is 1.47 bits per heavy atom. The summed E-state index contributed by atoms with van der Waals surface area (Å²) in [6.07, 6.45) is 3.16. The van der Waals surface area contributed by atoms with Crippen molar-refractivity contribution in [3.05, 3.63) is 36.4 Å². The second-order valence-corrected chi connectivity index (χ2v) is 2.93. The van der Waals surface area contributed by atoms with Gasteiger partial charge in [-0.3, -0.25) is 0 Å². The van der Waals surface area contributed by atoms with Crippen LogP contribution < -0.4 is 5.32 Å². The van der Waals surface area contributed by atoms with Crippen molar-refractivity contribution in [1.29, 1.82) is 0 Å². The highest BCUT2D eigenvalue weighted by atomic mass is 16.5. The summed E-state index contributed by atoms with van der Waals surface area (Å²) in [7, 11) is 0. The molecular weight excluding hydrogens is 226 g/mol. The van der Waals surface area contributed by atoms with Gasteiger partial charge in [-0.25, -0.2) is 19.6 Å². The first kappa shape index (κ1) is 12.6. The molecule has 0 fully saturated rings. The van der Waals surface area contributed by atoms with Crippen molar-refractivity contribution in [3.63, 3.8) is 0 Å². The zero-order valence-electron chi connectivity index (χ0n) is 8.92. The lowest BCUT2D eigenvalue weighted by molar-refractivity contribution is 0.0695. The molecular formula is C10H11N3O4. The summed E-state index contributed by atoms with van der Waals surface area (Å²) in [6, 6.07) is 0. The standard InChI is InChI=1S/C10H11N3O4/c1-2-3-17-10(16)13-6-8-11-4-7(5-12-8)9(14)15/h2,4-5H,1,3,6H2,(H,13,16)(H,14,15). The van der Waals surface area contributed by atoms with Crippen molar-refractivity contribution in [1.82, 2.24) is 15.3 Å². The van der Waals surface area contributed by atoms with Crippen LogP contribution in [0.4, 0.5) is 4.79 Å². The van der Waals surface area contributed by atoms with Gasteiger partial charge >= 0.3 is 12.1 Å². The number of nitrogens with zero attached hydrogens (tertiary/aromatic N) is 2. The van der Waals surface area contributed by atoms with Gasteiger partial charge in [0.05, 0.1) is 12.1 Å². The van der Waals surface area contributed by atoms with Crippen LogP contribution in [0.3, 0.4) is 0 Å². The highest BCUT2D eigenvalue weighted by molar-refractivity contribution is 5.86. The largest absolute Gasteiger partial charge is 0.478 e. The minimum Gasteiger partial charge on any atom is -0.478 e. The third-order valence-corrected chi connectivity index (χ3v) is 1.68. The number of amides is 1. The van der Waals surface area contributed by atoms with E-state index in [4.69, 9.17) is 5.11 Å². The first-order valence-electron chi connectivity index (χ1n) is 4.69. The Morgan fingerprint density at radius 3 is 2.65 bits per heavy atom. The molecule has 1 heterocycles. The topological polar surface area (TPSA) is 101 Å². The molecule has 7 heteroatoms. The number of ether oxygens (including phenoxy) is 1. The fourth-order valence-electron chi connectivity index (χ4n) is 0.893. The van der Waals surface area contributed by atoms with Gasteiger partial charge in [0.2, 0.25) is 0 Å². The molecule has 1 amide bonds. The minimum atomic E-state index is -1.10. The highest BCUT2D eigenvalue weighted by Crippen LogP contribution is 1.95. The van der Waals surface area contributed by atoms with E-state index in [1.165, 1.54) is 18.5 Å². The molecule has 0 aliphatic rings. The third-order valence-electron chi connectivity index (χ3n) is 1.68. The molecule has 0 saturated heterocycles. The van der Waals surface area contributed by atoms with E-state index in [1.807, 2.05) is 0 Å². The Hall–Kier alpha value is -2.44. The lowest BCUT2D eigenvalue weighted by Gasteiger charge is -2.04. The predicted molar refractivity (Wildman–Crippen MR) is 57.4 cm³/mol. The maximum Gasteiger partial charge on any atom is 0.407 e. The van der Waals surface area contributed by atoms with Gasteiger partial charge in [-0.1, -0.05) is 12.7 Å². The van der Waals surface area contributed by atoms with Crippen LogP contribution in [0.5, 0.6) is 0 Å². The molecule has 0 unspecified atom stereocenters. The Morgan fingerprint density at radius 2 is 2.12 bits per heavy atom. The van der Waals surface area contributed by atoms with Crippen molar-refractivity contribution in [3.8, 4) is 0 Å². The van der Waals surface area contributed by atoms with E-state index in [2.05, 4.69) is 26.6 Å². The summed E-state index contributed by atoms with van der Waals surface area (Å²) in [5.74, 6) is -0.805. The Labute approximate surface area is 97.2 Å². The molecule has 0 aromatic carbocycles. The molecule has 0 atom stereocenters. The second kappa shape index (κ2) is 6.21. The normalized spacial score (nSPS) is 9.41. The molecule has 2 N–H and O–H groups in total. The van der Waals surface area contributed by atoms with Crippen LogP contribution in [0.15, 0.2) is 25.0 Å². The van der Waals surface area contributed by atoms with Gasteiger partial charge in [-0.2, -0.15) is 0 Å². The lowest BCUT2D eigenvalue weighted by Crippen LogP contribution is -2.24. The molecule has 17 heavy (non-hydrogen) atoms. The third kappa shape index (κ3) is 4.29. The quantitative estimate of drug-likeness (QED) is 0.726. The summed E-state index contributed by atoms with van der Waals surface area (Å²) in [4.78, 5) is 29.1. The van der Waals surface area contributed by atoms with E-state index < -0.39 is 12.1 Å². The molecule has 1 aromatic rings. The van der Waals surface area contributed by atoms with Crippen LogP contribution in [0.25, 0.3) is 0 Å². The van der Waals surface area contributed by atoms with Crippen LogP contribution in [-0.4, -0.2) is 33.7 Å². The van der Waals surface area contributed by atoms with Crippen LogP contribution in [0.1, 0.15) is 16.2 Å². The molecule has 0 aliphatic carbocycles. The summed E-state index contributed by atoms with van der Waals surface area (Å²) < 4.78 is 4.66.